The van der Waals surface area contributed by atoms with E-state index in [1.54, 1.807) is 30.5 Å². The number of hydrogen-bond donors (Lipinski definition) is 0. The molecule has 2 unspecified atom stereocenters. The number of carbonyl (C=O) groups excluding carboxylic acids is 1. The molecule has 2 aliphatic rings. The highest BCUT2D eigenvalue weighted by molar-refractivity contribution is 9.10. The van der Waals surface area contributed by atoms with Crippen LogP contribution in [0.25, 0.3) is 0 Å². The molecule has 2 atom stereocenters. The fourth-order valence-electron chi connectivity index (χ4n) is 3.91. The average Bonchev–Trinajstić information content (AvgIpc) is 2.93. The van der Waals surface area contributed by atoms with Crippen molar-refractivity contribution in [2.45, 2.75) is 6.42 Å². The van der Waals surface area contributed by atoms with E-state index in [0.717, 1.165) is 10.9 Å². The SMILES string of the molecule is COCC12CCN(C(=O)c3cncc(Br)c3)CC1CN(S(C)(=O)=O)C2. The van der Waals surface area contributed by atoms with E-state index >= 15 is 0 Å². The van der Waals surface area contributed by atoms with Gasteiger partial charge >= 0.3 is 0 Å². The molecule has 1 amide bonds. The lowest BCUT2D eigenvalue weighted by Gasteiger charge is -2.43. The molecule has 0 saturated carbocycles. The Morgan fingerprint density at radius 3 is 2.84 bits per heavy atom. The minimum absolute atomic E-state index is 0.0694. The molecule has 0 bridgehead atoms. The number of nitrogens with zero attached hydrogens (tertiary/aromatic N) is 3. The molecule has 25 heavy (non-hydrogen) atoms. The highest BCUT2D eigenvalue weighted by atomic mass is 79.9. The first-order valence-corrected chi connectivity index (χ1v) is 10.7. The molecule has 9 heteroatoms. The first-order valence-electron chi connectivity index (χ1n) is 8.09. The number of hydrogen-bond acceptors (Lipinski definition) is 5. The van der Waals surface area contributed by atoms with Gasteiger partial charge in [-0.05, 0) is 34.3 Å². The molecule has 3 heterocycles. The first kappa shape index (κ1) is 18.8. The Balaban J connectivity index is 1.80. The average molecular weight is 432 g/mol. The number of piperidine rings is 1. The fourth-order valence-corrected chi connectivity index (χ4v) is 5.21. The van der Waals surface area contributed by atoms with Crippen molar-refractivity contribution >= 4 is 31.9 Å². The van der Waals surface area contributed by atoms with Crippen LogP contribution in [0.4, 0.5) is 0 Å². The lowest BCUT2D eigenvalue weighted by atomic mass is 9.73. The van der Waals surface area contributed by atoms with Crippen molar-refractivity contribution in [2.24, 2.45) is 11.3 Å². The minimum Gasteiger partial charge on any atom is -0.384 e. The zero-order valence-electron chi connectivity index (χ0n) is 14.3. The van der Waals surface area contributed by atoms with Gasteiger partial charge in [0.05, 0.1) is 18.4 Å². The third-order valence-electron chi connectivity index (χ3n) is 5.24. The number of halogens is 1. The van der Waals surface area contributed by atoms with Gasteiger partial charge in [-0.25, -0.2) is 12.7 Å². The van der Waals surface area contributed by atoms with Crippen LogP contribution in [0.1, 0.15) is 16.8 Å². The summed E-state index contributed by atoms with van der Waals surface area (Å²) in [4.78, 5) is 18.6. The summed E-state index contributed by atoms with van der Waals surface area (Å²) in [6.45, 7) is 2.52. The molecule has 0 aromatic carbocycles. The van der Waals surface area contributed by atoms with Crippen LogP contribution in [0.2, 0.25) is 0 Å². The maximum atomic E-state index is 12.8. The van der Waals surface area contributed by atoms with E-state index in [9.17, 15) is 13.2 Å². The van der Waals surface area contributed by atoms with Crippen molar-refractivity contribution in [1.29, 1.82) is 0 Å². The summed E-state index contributed by atoms with van der Waals surface area (Å²) < 4.78 is 31.7. The van der Waals surface area contributed by atoms with E-state index in [4.69, 9.17) is 4.74 Å². The number of carbonyl (C=O) groups is 1. The van der Waals surface area contributed by atoms with Gasteiger partial charge in [-0.3, -0.25) is 9.78 Å². The zero-order valence-corrected chi connectivity index (χ0v) is 16.7. The van der Waals surface area contributed by atoms with E-state index in [-0.39, 0.29) is 17.2 Å². The molecule has 0 spiro atoms. The molecular weight excluding hydrogens is 410 g/mol. The van der Waals surface area contributed by atoms with Crippen LogP contribution < -0.4 is 0 Å². The number of amides is 1. The van der Waals surface area contributed by atoms with Gasteiger partial charge < -0.3 is 9.64 Å². The Kier molecular flexibility index (Phi) is 5.21. The monoisotopic (exact) mass is 431 g/mol. The Bertz CT molecular complexity index is 772. The van der Waals surface area contributed by atoms with Crippen LogP contribution in [0, 0.1) is 11.3 Å². The van der Waals surface area contributed by atoms with Gasteiger partial charge in [0.25, 0.3) is 5.91 Å². The van der Waals surface area contributed by atoms with Gasteiger partial charge in [0.2, 0.25) is 10.0 Å². The van der Waals surface area contributed by atoms with Gasteiger partial charge in [-0.1, -0.05) is 0 Å². The summed E-state index contributed by atoms with van der Waals surface area (Å²) in [5.41, 5.74) is 0.316. The maximum Gasteiger partial charge on any atom is 0.255 e. The van der Waals surface area contributed by atoms with Crippen LogP contribution in [0.3, 0.4) is 0 Å². The summed E-state index contributed by atoms with van der Waals surface area (Å²) in [5, 5.41) is 0. The molecule has 0 radical (unpaired) electrons. The molecule has 7 nitrogen and oxygen atoms in total. The normalized spacial score (nSPS) is 27.3. The predicted octanol–water partition coefficient (Wildman–Crippen LogP) is 1.21. The van der Waals surface area contributed by atoms with E-state index < -0.39 is 10.0 Å². The molecule has 0 N–H and O–H groups in total. The third kappa shape index (κ3) is 3.74. The van der Waals surface area contributed by atoms with Crippen molar-refractivity contribution in [2.75, 3.05) is 46.2 Å². The Morgan fingerprint density at radius 1 is 1.44 bits per heavy atom. The van der Waals surface area contributed by atoms with Crippen molar-refractivity contribution in [3.63, 3.8) is 0 Å². The molecule has 2 aliphatic heterocycles. The highest BCUT2D eigenvalue weighted by Crippen LogP contribution is 2.44. The van der Waals surface area contributed by atoms with E-state index in [1.165, 1.54) is 10.6 Å². The number of methoxy groups -OCH3 is 1. The zero-order chi connectivity index (χ0) is 18.2. The number of fused-ring (bicyclic) bond motifs is 1. The van der Waals surface area contributed by atoms with Crippen molar-refractivity contribution < 1.29 is 17.9 Å². The lowest BCUT2D eigenvalue weighted by molar-refractivity contribution is 0.00340. The summed E-state index contributed by atoms with van der Waals surface area (Å²) in [5.74, 6) is -0.00221. The summed E-state index contributed by atoms with van der Waals surface area (Å²) in [6, 6.07) is 1.75. The Hall–Kier alpha value is -1.03. The maximum absolute atomic E-state index is 12.8. The van der Waals surface area contributed by atoms with Crippen LogP contribution >= 0.6 is 15.9 Å². The van der Waals surface area contributed by atoms with Crippen molar-refractivity contribution in [3.05, 3.63) is 28.5 Å². The van der Waals surface area contributed by atoms with Gasteiger partial charge in [0, 0.05) is 55.6 Å². The van der Waals surface area contributed by atoms with E-state index in [1.807, 2.05) is 0 Å². The number of likely N-dealkylation sites (tertiary alicyclic amines) is 1. The van der Waals surface area contributed by atoms with Gasteiger partial charge in [-0.15, -0.1) is 0 Å². The Morgan fingerprint density at radius 2 is 2.20 bits per heavy atom. The van der Waals surface area contributed by atoms with E-state index in [0.29, 0.717) is 38.3 Å². The topological polar surface area (TPSA) is 79.8 Å². The first-order chi connectivity index (χ1) is 11.7. The molecule has 1 aromatic heterocycles. The van der Waals surface area contributed by atoms with Gasteiger partial charge in [0.1, 0.15) is 0 Å². The summed E-state index contributed by atoms with van der Waals surface area (Å²) in [7, 11) is -1.62. The summed E-state index contributed by atoms with van der Waals surface area (Å²) in [6.07, 6.45) is 5.16. The molecule has 1 aromatic rings. The third-order valence-corrected chi connectivity index (χ3v) is 6.89. The van der Waals surface area contributed by atoms with Crippen LogP contribution in [-0.2, 0) is 14.8 Å². The van der Waals surface area contributed by atoms with Crippen molar-refractivity contribution in [3.8, 4) is 0 Å². The molecule has 0 aliphatic carbocycles. The smallest absolute Gasteiger partial charge is 0.255 e. The fraction of sp³-hybridized carbons (Fsp3) is 0.625. The van der Waals surface area contributed by atoms with Gasteiger partial charge in [-0.2, -0.15) is 0 Å². The molecule has 3 rings (SSSR count). The molecule has 2 saturated heterocycles. The number of ether oxygens (including phenoxy) is 1. The largest absolute Gasteiger partial charge is 0.384 e. The quantitative estimate of drug-likeness (QED) is 0.715. The molecular formula is C16H22BrN3O4S. The number of rotatable bonds is 4. The number of aromatic nitrogens is 1. The van der Waals surface area contributed by atoms with Crippen LogP contribution in [0.5, 0.6) is 0 Å². The number of pyridine rings is 1. The molecule has 138 valence electrons. The predicted molar refractivity (Wildman–Crippen MR) is 96.7 cm³/mol. The number of sulfonamides is 1. The van der Waals surface area contributed by atoms with Crippen LogP contribution in [0.15, 0.2) is 22.9 Å². The second-order valence-corrected chi connectivity index (χ2v) is 9.84. The second-order valence-electron chi connectivity index (χ2n) is 6.94. The van der Waals surface area contributed by atoms with Crippen molar-refractivity contribution in [1.82, 2.24) is 14.2 Å². The lowest BCUT2D eigenvalue weighted by Crippen LogP contribution is -2.50. The van der Waals surface area contributed by atoms with Crippen LogP contribution in [-0.4, -0.2) is 74.7 Å². The standard InChI is InChI=1S/C16H22BrN3O4S/c1-24-11-16-3-4-19(15(21)12-5-14(17)7-18-6-12)8-13(16)9-20(10-16)25(2,22)23/h5-7,13H,3-4,8-11H2,1-2H3. The second kappa shape index (κ2) is 6.94. The van der Waals surface area contributed by atoms with Gasteiger partial charge in [0.15, 0.2) is 0 Å². The van der Waals surface area contributed by atoms with E-state index in [2.05, 4.69) is 20.9 Å². The highest BCUT2D eigenvalue weighted by Gasteiger charge is 2.52. The summed E-state index contributed by atoms with van der Waals surface area (Å²) >= 11 is 3.34. The molecule has 2 fully saturated rings. The minimum atomic E-state index is -3.25. The Labute approximate surface area is 156 Å².